The molecule has 2 N–H and O–H groups in total. The lowest BCUT2D eigenvalue weighted by Gasteiger charge is -2.09. The molecular weight excluding hydrogens is 361 g/mol. The molecule has 1 heterocycles. The molecule has 0 aliphatic heterocycles. The van der Waals surface area contributed by atoms with Crippen LogP contribution >= 0.6 is 27.3 Å². The number of hydrogen-bond acceptors (Lipinski definition) is 3. The minimum absolute atomic E-state index is 0.0342. The average Bonchev–Trinajstić information content (AvgIpc) is 2.73. The molecule has 1 rings (SSSR count). The van der Waals surface area contributed by atoms with Crippen LogP contribution in [-0.2, 0) is 11.2 Å². The van der Waals surface area contributed by atoms with E-state index in [1.165, 1.54) is 0 Å². The molecule has 0 aliphatic rings. The molecule has 0 bridgehead atoms. The van der Waals surface area contributed by atoms with Gasteiger partial charge in [-0.2, -0.15) is 13.2 Å². The summed E-state index contributed by atoms with van der Waals surface area (Å²) in [5.41, 5.74) is 0. The van der Waals surface area contributed by atoms with E-state index in [9.17, 15) is 18.0 Å². The Morgan fingerprint density at radius 1 is 1.30 bits per heavy atom. The number of alkyl halides is 3. The van der Waals surface area contributed by atoms with Gasteiger partial charge in [-0.25, -0.2) is 4.79 Å². The molecule has 0 fully saturated rings. The number of urea groups is 1. The number of nitrogens with one attached hydrogen (secondary N) is 2. The monoisotopic (exact) mass is 374 g/mol. The van der Waals surface area contributed by atoms with Crippen molar-refractivity contribution in [1.29, 1.82) is 0 Å². The molecule has 1 aromatic heterocycles. The molecule has 0 spiro atoms. The standard InChI is InChI=1S/C11H14BrF3N2O2S/c12-9-2-1-8(20-9)3-4-16-10(18)17-5-6-19-7-11(13,14)15/h1-2H,3-7H2,(H2,16,17,18). The van der Waals surface area contributed by atoms with Gasteiger partial charge in [-0.05, 0) is 34.5 Å². The summed E-state index contributed by atoms with van der Waals surface area (Å²) in [6.45, 7) is -0.983. The van der Waals surface area contributed by atoms with Crippen LogP contribution in [-0.4, -0.2) is 38.5 Å². The summed E-state index contributed by atoms with van der Waals surface area (Å²) in [6, 6.07) is 3.47. The Morgan fingerprint density at radius 2 is 2.00 bits per heavy atom. The zero-order valence-corrected chi connectivity index (χ0v) is 12.8. The van der Waals surface area contributed by atoms with Gasteiger partial charge in [0.1, 0.15) is 6.61 Å². The molecule has 0 saturated heterocycles. The van der Waals surface area contributed by atoms with Crippen LogP contribution in [0.4, 0.5) is 18.0 Å². The lowest BCUT2D eigenvalue weighted by Crippen LogP contribution is -2.38. The Balaban J connectivity index is 2.00. The predicted molar refractivity (Wildman–Crippen MR) is 74.0 cm³/mol. The van der Waals surface area contributed by atoms with E-state index in [2.05, 4.69) is 31.3 Å². The van der Waals surface area contributed by atoms with E-state index in [4.69, 9.17) is 0 Å². The smallest absolute Gasteiger partial charge is 0.370 e. The topological polar surface area (TPSA) is 50.4 Å². The highest BCUT2D eigenvalue weighted by atomic mass is 79.9. The number of halogens is 4. The second kappa shape index (κ2) is 8.48. The van der Waals surface area contributed by atoms with Gasteiger partial charge < -0.3 is 15.4 Å². The van der Waals surface area contributed by atoms with Crippen LogP contribution < -0.4 is 10.6 Å². The van der Waals surface area contributed by atoms with Gasteiger partial charge in [0.25, 0.3) is 0 Å². The van der Waals surface area contributed by atoms with E-state index in [1.807, 2.05) is 12.1 Å². The Morgan fingerprint density at radius 3 is 2.60 bits per heavy atom. The summed E-state index contributed by atoms with van der Waals surface area (Å²) < 4.78 is 40.6. The van der Waals surface area contributed by atoms with Crippen LogP contribution in [0, 0.1) is 0 Å². The first-order chi connectivity index (χ1) is 9.37. The van der Waals surface area contributed by atoms with Gasteiger partial charge in [0, 0.05) is 18.0 Å². The number of rotatable bonds is 7. The summed E-state index contributed by atoms with van der Waals surface area (Å²) >= 11 is 4.93. The number of ether oxygens (including phenoxy) is 1. The second-order valence-corrected chi connectivity index (χ2v) is 6.35. The van der Waals surface area contributed by atoms with Gasteiger partial charge in [0.05, 0.1) is 10.4 Å². The van der Waals surface area contributed by atoms with Crippen molar-refractivity contribution in [1.82, 2.24) is 10.6 Å². The minimum atomic E-state index is -4.34. The number of amides is 2. The molecule has 0 atom stereocenters. The van der Waals surface area contributed by atoms with E-state index in [-0.39, 0.29) is 13.2 Å². The van der Waals surface area contributed by atoms with Crippen LogP contribution in [0.15, 0.2) is 15.9 Å². The molecule has 9 heteroatoms. The van der Waals surface area contributed by atoms with Crippen molar-refractivity contribution in [2.75, 3.05) is 26.3 Å². The average molecular weight is 375 g/mol. The van der Waals surface area contributed by atoms with Crippen LogP contribution in [0.25, 0.3) is 0 Å². The molecule has 1 aromatic rings. The molecule has 114 valence electrons. The molecule has 20 heavy (non-hydrogen) atoms. The van der Waals surface area contributed by atoms with Crippen molar-refractivity contribution < 1.29 is 22.7 Å². The van der Waals surface area contributed by atoms with E-state index < -0.39 is 18.8 Å². The fourth-order valence-electron chi connectivity index (χ4n) is 1.27. The number of carbonyl (C=O) groups is 1. The van der Waals surface area contributed by atoms with Gasteiger partial charge in [0.2, 0.25) is 0 Å². The maximum absolute atomic E-state index is 11.7. The SMILES string of the molecule is O=C(NCCOCC(F)(F)F)NCCc1ccc(Br)s1. The zero-order chi connectivity index (χ0) is 15.0. The highest BCUT2D eigenvalue weighted by molar-refractivity contribution is 9.11. The van der Waals surface area contributed by atoms with Gasteiger partial charge in [0.15, 0.2) is 0 Å². The molecule has 4 nitrogen and oxygen atoms in total. The Bertz CT molecular complexity index is 426. The van der Waals surface area contributed by atoms with Crippen LogP contribution in [0.2, 0.25) is 0 Å². The largest absolute Gasteiger partial charge is 0.411 e. The summed E-state index contributed by atoms with van der Waals surface area (Å²) in [5.74, 6) is 0. The van der Waals surface area contributed by atoms with Gasteiger partial charge in [-0.15, -0.1) is 11.3 Å². The van der Waals surface area contributed by atoms with Gasteiger partial charge in [-0.3, -0.25) is 0 Å². The van der Waals surface area contributed by atoms with E-state index in [0.29, 0.717) is 13.0 Å². The number of carbonyl (C=O) groups excluding carboxylic acids is 1. The molecule has 0 aromatic carbocycles. The van der Waals surface area contributed by atoms with Crippen molar-refractivity contribution in [2.45, 2.75) is 12.6 Å². The van der Waals surface area contributed by atoms with E-state index in [0.717, 1.165) is 8.66 Å². The van der Waals surface area contributed by atoms with Crippen molar-refractivity contribution >= 4 is 33.3 Å². The second-order valence-electron chi connectivity index (χ2n) is 3.81. The normalized spacial score (nSPS) is 11.4. The molecule has 2 amide bonds. The lowest BCUT2D eigenvalue weighted by atomic mass is 10.3. The van der Waals surface area contributed by atoms with Crippen molar-refractivity contribution in [3.8, 4) is 0 Å². The third-order valence-corrected chi connectivity index (χ3v) is 3.77. The first-order valence-electron chi connectivity index (χ1n) is 5.77. The number of hydrogen-bond donors (Lipinski definition) is 2. The maximum Gasteiger partial charge on any atom is 0.411 e. The first-order valence-corrected chi connectivity index (χ1v) is 7.38. The fraction of sp³-hybridized carbons (Fsp3) is 0.545. The highest BCUT2D eigenvalue weighted by Crippen LogP contribution is 2.21. The van der Waals surface area contributed by atoms with E-state index in [1.54, 1.807) is 11.3 Å². The van der Waals surface area contributed by atoms with Gasteiger partial charge in [-0.1, -0.05) is 0 Å². The highest BCUT2D eigenvalue weighted by Gasteiger charge is 2.27. The molecular formula is C11H14BrF3N2O2S. The number of thiophene rings is 1. The lowest BCUT2D eigenvalue weighted by molar-refractivity contribution is -0.173. The predicted octanol–water partition coefficient (Wildman–Crippen LogP) is 2.93. The van der Waals surface area contributed by atoms with Gasteiger partial charge >= 0.3 is 12.2 Å². The molecule has 0 unspecified atom stereocenters. The summed E-state index contributed by atoms with van der Waals surface area (Å²) in [6.07, 6.45) is -3.63. The molecule has 0 aliphatic carbocycles. The Kier molecular flexibility index (Phi) is 7.31. The molecule has 0 saturated carbocycles. The van der Waals surface area contributed by atoms with Crippen LogP contribution in [0.3, 0.4) is 0 Å². The zero-order valence-electron chi connectivity index (χ0n) is 10.4. The maximum atomic E-state index is 11.7. The summed E-state index contributed by atoms with van der Waals surface area (Å²) in [4.78, 5) is 12.4. The van der Waals surface area contributed by atoms with Crippen molar-refractivity contribution in [2.24, 2.45) is 0 Å². The molecule has 0 radical (unpaired) electrons. The van der Waals surface area contributed by atoms with Crippen LogP contribution in [0.1, 0.15) is 4.88 Å². The first kappa shape index (κ1) is 17.3. The third-order valence-electron chi connectivity index (χ3n) is 2.08. The summed E-state index contributed by atoms with van der Waals surface area (Å²) in [5, 5.41) is 5.02. The minimum Gasteiger partial charge on any atom is -0.370 e. The Hall–Kier alpha value is -0.800. The Labute approximate surface area is 126 Å². The van der Waals surface area contributed by atoms with Crippen molar-refractivity contribution in [3.63, 3.8) is 0 Å². The van der Waals surface area contributed by atoms with Crippen molar-refractivity contribution in [3.05, 3.63) is 20.8 Å². The quantitative estimate of drug-likeness (QED) is 0.721. The fourth-order valence-corrected chi connectivity index (χ4v) is 2.76. The van der Waals surface area contributed by atoms with E-state index >= 15 is 0 Å². The van der Waals surface area contributed by atoms with Crippen LogP contribution in [0.5, 0.6) is 0 Å². The summed E-state index contributed by atoms with van der Waals surface area (Å²) in [7, 11) is 0. The third kappa shape index (κ3) is 8.39.